The molecule has 7 heterocycles. The SMILES string of the molecule is NC(=O)c1nnc(N2CCCC(N3CCN(c4ccccc4)C3=O)C2)nc1Nc1ccc(N2CCN(CC3CCN(c4ccc5c(c4)C(=O)N(C4CCC(=O)NC4=O)C5=O)CC3)CC2)cc1. The van der Waals surface area contributed by atoms with Crippen LogP contribution in [0.25, 0.3) is 0 Å². The summed E-state index contributed by atoms with van der Waals surface area (Å²) < 4.78 is 0. The van der Waals surface area contributed by atoms with Gasteiger partial charge in [0.15, 0.2) is 11.5 Å². The maximum absolute atomic E-state index is 13.5. The van der Waals surface area contributed by atoms with Crippen molar-refractivity contribution in [1.82, 2.24) is 35.2 Å². The molecule has 0 aliphatic carbocycles. The summed E-state index contributed by atoms with van der Waals surface area (Å²) in [6.07, 6.45) is 3.96. The molecule has 2 atom stereocenters. The number of nitrogens with one attached hydrogen (secondary N) is 2. The van der Waals surface area contributed by atoms with Crippen molar-refractivity contribution in [3.05, 3.63) is 89.6 Å². The molecule has 5 saturated heterocycles. The van der Waals surface area contributed by atoms with Gasteiger partial charge in [-0.2, -0.15) is 4.98 Å². The number of piperidine rings is 3. The number of hydrogen-bond acceptors (Lipinski definition) is 14. The lowest BCUT2D eigenvalue weighted by Gasteiger charge is -2.40. The van der Waals surface area contributed by atoms with Gasteiger partial charge in [0.25, 0.3) is 17.7 Å². The van der Waals surface area contributed by atoms with Gasteiger partial charge in [0.1, 0.15) is 6.04 Å². The van der Waals surface area contributed by atoms with Crippen molar-refractivity contribution in [2.45, 2.75) is 50.6 Å². The minimum Gasteiger partial charge on any atom is -0.371 e. The van der Waals surface area contributed by atoms with Crippen molar-refractivity contribution in [2.75, 3.05) is 96.9 Å². The fourth-order valence-corrected chi connectivity index (χ4v) is 10.3. The van der Waals surface area contributed by atoms with E-state index < -0.39 is 35.6 Å². The molecule has 0 saturated carbocycles. The molecule has 0 radical (unpaired) electrons. The van der Waals surface area contributed by atoms with Crippen LogP contribution in [0, 0.1) is 5.92 Å². The lowest BCUT2D eigenvalue weighted by molar-refractivity contribution is -0.136. The minimum absolute atomic E-state index is 0.00235. The molecule has 6 aliphatic heterocycles. The number of urea groups is 1. The average Bonchev–Trinajstić information content (AvgIpc) is 3.84. The number of carbonyl (C=O) groups is 6. The fraction of sp³-hybridized carbons (Fsp3) is 0.426. The molecular weight excluding hydrogens is 843 g/mol. The Kier molecular flexibility index (Phi) is 11.7. The van der Waals surface area contributed by atoms with E-state index in [1.165, 1.54) is 0 Å². The molecule has 5 fully saturated rings. The van der Waals surface area contributed by atoms with Gasteiger partial charge in [-0.25, -0.2) is 4.79 Å². The van der Waals surface area contributed by atoms with Crippen LogP contribution in [-0.2, 0) is 9.59 Å². The first-order valence-electron chi connectivity index (χ1n) is 23.0. The highest BCUT2D eigenvalue weighted by Gasteiger charge is 2.45. The Hall–Kier alpha value is -7.15. The molecule has 6 aliphatic rings. The Labute approximate surface area is 381 Å². The highest BCUT2D eigenvalue weighted by molar-refractivity contribution is 6.23. The number of carbonyl (C=O) groups excluding carboxylic acids is 6. The van der Waals surface area contributed by atoms with Gasteiger partial charge >= 0.3 is 6.03 Å². The summed E-state index contributed by atoms with van der Waals surface area (Å²) in [7, 11) is 0. The number of piperazine rings is 1. The maximum atomic E-state index is 13.5. The average molecular weight is 896 g/mol. The number of anilines is 6. The van der Waals surface area contributed by atoms with E-state index in [0.29, 0.717) is 49.2 Å². The molecule has 0 bridgehead atoms. The largest absolute Gasteiger partial charge is 0.371 e. The molecule has 0 spiro atoms. The normalized spacial score (nSPS) is 22.0. The van der Waals surface area contributed by atoms with E-state index >= 15 is 0 Å². The predicted octanol–water partition coefficient (Wildman–Crippen LogP) is 3.06. The summed E-state index contributed by atoms with van der Waals surface area (Å²) in [6.45, 7) is 8.86. The van der Waals surface area contributed by atoms with Crippen LogP contribution in [0.5, 0.6) is 0 Å². The second-order valence-corrected chi connectivity index (χ2v) is 17.9. The second kappa shape index (κ2) is 18.0. The van der Waals surface area contributed by atoms with E-state index in [1.54, 1.807) is 12.1 Å². The molecule has 19 heteroatoms. The highest BCUT2D eigenvalue weighted by Crippen LogP contribution is 2.33. The molecule has 10 rings (SSSR count). The molecule has 4 N–H and O–H groups in total. The Balaban J connectivity index is 0.702. The van der Waals surface area contributed by atoms with Gasteiger partial charge in [-0.3, -0.25) is 44.0 Å². The van der Waals surface area contributed by atoms with Crippen molar-refractivity contribution in [3.63, 3.8) is 0 Å². The maximum Gasteiger partial charge on any atom is 0.324 e. The van der Waals surface area contributed by atoms with Crippen LogP contribution in [0.4, 0.5) is 39.3 Å². The van der Waals surface area contributed by atoms with E-state index in [2.05, 4.69) is 47.7 Å². The van der Waals surface area contributed by atoms with E-state index in [4.69, 9.17) is 10.7 Å². The lowest BCUT2D eigenvalue weighted by atomic mass is 9.95. The number of imide groups is 2. The molecule has 66 heavy (non-hydrogen) atoms. The number of primary amides is 1. The van der Waals surface area contributed by atoms with E-state index in [1.807, 2.05) is 63.2 Å². The van der Waals surface area contributed by atoms with Gasteiger partial charge in [0.2, 0.25) is 17.8 Å². The number of aromatic nitrogens is 3. The lowest BCUT2D eigenvalue weighted by Crippen LogP contribution is -2.54. The molecule has 4 aromatic rings. The summed E-state index contributed by atoms with van der Waals surface area (Å²) in [6, 6.07) is 22.1. The Morgan fingerprint density at radius 1 is 0.712 bits per heavy atom. The third-order valence-electron chi connectivity index (χ3n) is 13.9. The number of nitrogens with zero attached hydrogens (tertiary/aromatic N) is 10. The molecular formula is C47H53N13O6. The zero-order valence-corrected chi connectivity index (χ0v) is 36.7. The first-order chi connectivity index (χ1) is 32.1. The quantitative estimate of drug-likeness (QED) is 0.185. The van der Waals surface area contributed by atoms with E-state index in [-0.39, 0.29) is 36.4 Å². The van der Waals surface area contributed by atoms with Crippen molar-refractivity contribution >= 4 is 70.1 Å². The number of para-hydroxylation sites is 1. The third-order valence-corrected chi connectivity index (χ3v) is 13.9. The van der Waals surface area contributed by atoms with Crippen LogP contribution in [0.3, 0.4) is 0 Å². The second-order valence-electron chi connectivity index (χ2n) is 17.9. The molecule has 342 valence electrons. The minimum atomic E-state index is -0.980. The summed E-state index contributed by atoms with van der Waals surface area (Å²) in [4.78, 5) is 95.3. The van der Waals surface area contributed by atoms with Crippen molar-refractivity contribution in [3.8, 4) is 0 Å². The molecule has 7 amide bonds. The molecule has 3 aromatic carbocycles. The summed E-state index contributed by atoms with van der Waals surface area (Å²) in [5, 5.41) is 14.0. The zero-order valence-electron chi connectivity index (χ0n) is 36.7. The summed E-state index contributed by atoms with van der Waals surface area (Å²) >= 11 is 0. The van der Waals surface area contributed by atoms with Crippen LogP contribution >= 0.6 is 0 Å². The zero-order chi connectivity index (χ0) is 45.5. The molecule has 1 aromatic heterocycles. The van der Waals surface area contributed by atoms with Gasteiger partial charge in [-0.05, 0) is 92.6 Å². The number of nitrogens with two attached hydrogens (primary N) is 1. The Bertz CT molecular complexity index is 2540. The van der Waals surface area contributed by atoms with Gasteiger partial charge in [-0.1, -0.05) is 18.2 Å². The first kappa shape index (κ1) is 42.8. The number of benzene rings is 3. The van der Waals surface area contributed by atoms with Gasteiger partial charge in [0.05, 0.1) is 17.2 Å². The Morgan fingerprint density at radius 3 is 2.18 bits per heavy atom. The monoisotopic (exact) mass is 895 g/mol. The van der Waals surface area contributed by atoms with Crippen molar-refractivity contribution < 1.29 is 28.8 Å². The Morgan fingerprint density at radius 2 is 1.44 bits per heavy atom. The van der Waals surface area contributed by atoms with Crippen molar-refractivity contribution in [1.29, 1.82) is 0 Å². The standard InChI is InChI=1S/C47H53N13O6/c48-41(62)40-42(51-46(53-52-40)57-18-4-7-35(29-57)59-26-25-58(47(59)66)33-5-2-1-3-6-33)49-31-8-10-32(11-9-31)56-23-21-54(22-24-56)28-30-16-19-55(20-17-30)34-12-13-36-37(27-34)45(65)60(44(36)64)38-14-15-39(61)50-43(38)63/h1-3,5-6,8-13,27,30,35,38H,4,7,14-26,28-29H2,(H2,48,62)(H,49,51,53)(H,50,61,63). The third kappa shape index (κ3) is 8.45. The number of fused-ring (bicyclic) bond motifs is 1. The van der Waals surface area contributed by atoms with Crippen LogP contribution in [0.2, 0.25) is 0 Å². The first-order valence-corrected chi connectivity index (χ1v) is 23.0. The summed E-state index contributed by atoms with van der Waals surface area (Å²) in [5.74, 6) is -1.58. The predicted molar refractivity (Wildman–Crippen MR) is 246 cm³/mol. The van der Waals surface area contributed by atoms with Crippen LogP contribution in [0.1, 0.15) is 69.7 Å². The topological polar surface area (TPSA) is 214 Å². The fourth-order valence-electron chi connectivity index (χ4n) is 10.3. The molecule has 2 unspecified atom stereocenters. The smallest absolute Gasteiger partial charge is 0.324 e. The van der Waals surface area contributed by atoms with Crippen LogP contribution in [0.15, 0.2) is 72.8 Å². The summed E-state index contributed by atoms with van der Waals surface area (Å²) in [5.41, 5.74) is 9.87. The number of hydrogen-bond donors (Lipinski definition) is 3. The van der Waals surface area contributed by atoms with Gasteiger partial charge in [-0.15, -0.1) is 10.2 Å². The van der Waals surface area contributed by atoms with Crippen molar-refractivity contribution in [2.24, 2.45) is 11.7 Å². The van der Waals surface area contributed by atoms with Gasteiger partial charge < -0.3 is 30.7 Å². The number of amides is 7. The highest BCUT2D eigenvalue weighted by atomic mass is 16.2. The van der Waals surface area contributed by atoms with Crippen LogP contribution in [-0.4, -0.2) is 150 Å². The van der Waals surface area contributed by atoms with E-state index in [9.17, 15) is 28.8 Å². The molecule has 19 nitrogen and oxygen atoms in total. The number of rotatable bonds is 11. The van der Waals surface area contributed by atoms with E-state index in [0.717, 1.165) is 99.1 Å². The van der Waals surface area contributed by atoms with Crippen LogP contribution < -0.4 is 36.0 Å². The van der Waals surface area contributed by atoms with Gasteiger partial charge in [0, 0.05) is 101 Å².